The number of benzene rings is 2. The fourth-order valence-electron chi connectivity index (χ4n) is 2.83. The molecule has 0 amide bonds. The molecule has 0 atom stereocenters. The molecule has 9 heteroatoms. The minimum Gasteiger partial charge on any atom is -0.352 e. The zero-order valence-electron chi connectivity index (χ0n) is 16.8. The second-order valence-electron chi connectivity index (χ2n) is 7.52. The zero-order valence-corrected chi connectivity index (χ0v) is 17.6. The van der Waals surface area contributed by atoms with E-state index in [1.807, 2.05) is 44.2 Å². The van der Waals surface area contributed by atoms with E-state index < -0.39 is 10.0 Å². The molecule has 3 N–H and O–H groups in total. The van der Waals surface area contributed by atoms with E-state index in [0.717, 1.165) is 18.4 Å². The number of hydrogen-bond acceptors (Lipinski definition) is 7. The van der Waals surface area contributed by atoms with Gasteiger partial charge < -0.3 is 10.6 Å². The summed E-state index contributed by atoms with van der Waals surface area (Å²) in [6.45, 7) is 4.00. The van der Waals surface area contributed by atoms with Crippen LogP contribution in [0.3, 0.4) is 0 Å². The van der Waals surface area contributed by atoms with Gasteiger partial charge in [0.15, 0.2) is 5.82 Å². The van der Waals surface area contributed by atoms with Crippen molar-refractivity contribution >= 4 is 27.6 Å². The van der Waals surface area contributed by atoms with Crippen LogP contribution in [0.2, 0.25) is 0 Å². The molecule has 2 aromatic carbocycles. The van der Waals surface area contributed by atoms with Crippen LogP contribution in [0.5, 0.6) is 0 Å². The van der Waals surface area contributed by atoms with E-state index in [0.29, 0.717) is 23.4 Å². The van der Waals surface area contributed by atoms with Crippen molar-refractivity contribution in [1.29, 1.82) is 0 Å². The van der Waals surface area contributed by atoms with E-state index in [2.05, 4.69) is 30.3 Å². The van der Waals surface area contributed by atoms with Gasteiger partial charge in [0.2, 0.25) is 21.9 Å². The van der Waals surface area contributed by atoms with E-state index in [4.69, 9.17) is 0 Å². The highest BCUT2D eigenvalue weighted by atomic mass is 32.2. The lowest BCUT2D eigenvalue weighted by atomic mass is 10.2. The average Bonchev–Trinajstić information content (AvgIpc) is 3.51. The molecule has 0 aliphatic heterocycles. The van der Waals surface area contributed by atoms with Crippen molar-refractivity contribution in [3.05, 3.63) is 54.6 Å². The molecule has 1 aliphatic rings. The predicted octanol–water partition coefficient (Wildman–Crippen LogP) is 4.28. The second kappa shape index (κ2) is 8.37. The van der Waals surface area contributed by atoms with Gasteiger partial charge in [-0.15, -0.1) is 0 Å². The first-order valence-electron chi connectivity index (χ1n) is 9.86. The molecular weight excluding hydrogens is 400 g/mol. The third-order valence-electron chi connectivity index (χ3n) is 4.38. The van der Waals surface area contributed by atoms with Gasteiger partial charge in [-0.25, -0.2) is 13.1 Å². The van der Waals surface area contributed by atoms with E-state index >= 15 is 0 Å². The molecule has 8 nitrogen and oxygen atoms in total. The van der Waals surface area contributed by atoms with Gasteiger partial charge in [0.1, 0.15) is 0 Å². The summed E-state index contributed by atoms with van der Waals surface area (Å²) in [5.74, 6) is 1.30. The van der Waals surface area contributed by atoms with Crippen molar-refractivity contribution in [3.63, 3.8) is 0 Å². The highest BCUT2D eigenvalue weighted by molar-refractivity contribution is 7.89. The van der Waals surface area contributed by atoms with E-state index in [1.165, 1.54) is 0 Å². The molecule has 0 spiro atoms. The zero-order chi connectivity index (χ0) is 21.1. The molecule has 0 radical (unpaired) electrons. The van der Waals surface area contributed by atoms with Crippen LogP contribution in [0.1, 0.15) is 31.0 Å². The minimum absolute atomic E-state index is 0. The van der Waals surface area contributed by atoms with Gasteiger partial charge in [-0.3, -0.25) is 0 Å². The monoisotopic (exact) mass is 430 g/mol. The molecule has 0 unspecified atom stereocenters. The molecule has 4 rings (SSSR count). The molecule has 162 valence electrons. The van der Waals surface area contributed by atoms with Gasteiger partial charge in [0.25, 0.3) is 0 Å². The lowest BCUT2D eigenvalue weighted by Crippen LogP contribution is -2.25. The number of sulfonamides is 1. The molecule has 0 saturated heterocycles. The summed E-state index contributed by atoms with van der Waals surface area (Å²) in [4.78, 5) is 13.7. The normalized spacial score (nSPS) is 14.0. The van der Waals surface area contributed by atoms with Crippen LogP contribution < -0.4 is 15.4 Å². The number of aromatic nitrogens is 3. The maximum Gasteiger partial charge on any atom is 0.240 e. The first kappa shape index (κ1) is 20.2. The fraction of sp³-hybridized carbons (Fsp3) is 0.286. The average molecular weight is 431 g/mol. The molecule has 1 aromatic heterocycles. The molecule has 3 aromatic rings. The summed E-state index contributed by atoms with van der Waals surface area (Å²) in [5, 5.41) is 6.31. The van der Waals surface area contributed by atoms with Crippen molar-refractivity contribution in [2.45, 2.75) is 43.7 Å². The van der Waals surface area contributed by atoms with Gasteiger partial charge in [-0.1, -0.05) is 36.4 Å². The Bertz CT molecular complexity index is 1150. The van der Waals surface area contributed by atoms with Gasteiger partial charge in [0, 0.05) is 27.6 Å². The third kappa shape index (κ3) is 5.11. The quantitative estimate of drug-likeness (QED) is 0.489. The number of hydrogen-bond donors (Lipinski definition) is 3. The summed E-state index contributed by atoms with van der Waals surface area (Å²) in [6, 6.07) is 16.4. The second-order valence-corrected chi connectivity index (χ2v) is 9.23. The molecule has 0 bridgehead atoms. The Balaban J connectivity index is 0.00000181. The summed E-state index contributed by atoms with van der Waals surface area (Å²) in [6.07, 6.45) is 1.77. The molecule has 1 saturated carbocycles. The predicted molar refractivity (Wildman–Crippen MR) is 123 cm³/mol. The van der Waals surface area contributed by atoms with Crippen molar-refractivity contribution in [2.24, 2.45) is 0 Å². The van der Waals surface area contributed by atoms with E-state index in [9.17, 15) is 8.42 Å². The topological polar surface area (TPSA) is 109 Å². The van der Waals surface area contributed by atoms with Crippen molar-refractivity contribution in [2.75, 3.05) is 10.6 Å². The van der Waals surface area contributed by atoms with Crippen LogP contribution in [0.4, 0.5) is 17.6 Å². The smallest absolute Gasteiger partial charge is 0.240 e. The lowest BCUT2D eigenvalue weighted by molar-refractivity contribution is 0.581. The molecular formula is C21H30N6O2S. The van der Waals surface area contributed by atoms with Crippen LogP contribution >= 0.6 is 0 Å². The number of nitrogens with one attached hydrogen (secondary N) is 3. The Morgan fingerprint density at radius 2 is 1.70 bits per heavy atom. The van der Waals surface area contributed by atoms with Crippen LogP contribution in [0, 0.1) is 0 Å². The Kier molecular flexibility index (Phi) is 5.65. The fourth-order valence-corrected chi connectivity index (χ4v) is 4.18. The molecule has 1 fully saturated rings. The third-order valence-corrected chi connectivity index (χ3v) is 5.90. The standard InChI is InChI=1S/C21H24N6O2S.3H2/c1-14(2)22-20-24-19(15-7-4-3-5-8-15)25-21(26-20)23-17-9-6-10-18(13-17)30(28,29)27-16-11-12-16;;;/h3-10,13-14,16,27H,11-12H2,1-2H3,(H2,22,23,24,25,26);3*1H. The van der Waals surface area contributed by atoms with Gasteiger partial charge >= 0.3 is 0 Å². The maximum absolute atomic E-state index is 12.5. The van der Waals surface area contributed by atoms with E-state index in [-0.39, 0.29) is 21.3 Å². The Hall–Kier alpha value is -3.04. The molecule has 1 heterocycles. The largest absolute Gasteiger partial charge is 0.352 e. The van der Waals surface area contributed by atoms with Gasteiger partial charge in [0.05, 0.1) is 4.90 Å². The summed E-state index contributed by atoms with van der Waals surface area (Å²) >= 11 is 0. The molecule has 30 heavy (non-hydrogen) atoms. The summed E-state index contributed by atoms with van der Waals surface area (Å²) in [5.41, 5.74) is 1.44. The van der Waals surface area contributed by atoms with Crippen molar-refractivity contribution in [3.8, 4) is 11.4 Å². The first-order chi connectivity index (χ1) is 14.4. The SMILES string of the molecule is CC(C)Nc1nc(Nc2cccc(S(=O)(=O)NC3CC3)c2)nc(-c2ccccc2)n1.[HH].[HH].[HH]. The van der Waals surface area contributed by atoms with Crippen LogP contribution in [-0.2, 0) is 10.0 Å². The Morgan fingerprint density at radius 3 is 2.40 bits per heavy atom. The highest BCUT2D eigenvalue weighted by Gasteiger charge is 2.28. The van der Waals surface area contributed by atoms with Crippen LogP contribution in [0.15, 0.2) is 59.5 Å². The Labute approximate surface area is 180 Å². The summed E-state index contributed by atoms with van der Waals surface area (Å²) < 4.78 is 27.7. The molecule has 1 aliphatic carbocycles. The van der Waals surface area contributed by atoms with Crippen LogP contribution in [0.25, 0.3) is 11.4 Å². The Morgan fingerprint density at radius 1 is 0.967 bits per heavy atom. The number of nitrogens with zero attached hydrogens (tertiary/aromatic N) is 3. The van der Waals surface area contributed by atoms with Gasteiger partial charge in [-0.2, -0.15) is 15.0 Å². The highest BCUT2D eigenvalue weighted by Crippen LogP contribution is 2.25. The number of rotatable bonds is 8. The van der Waals surface area contributed by atoms with Gasteiger partial charge in [-0.05, 0) is 44.9 Å². The summed E-state index contributed by atoms with van der Waals surface area (Å²) in [7, 11) is -3.54. The van der Waals surface area contributed by atoms with Crippen LogP contribution in [-0.4, -0.2) is 35.5 Å². The first-order valence-corrected chi connectivity index (χ1v) is 11.3. The lowest BCUT2D eigenvalue weighted by Gasteiger charge is -2.13. The maximum atomic E-state index is 12.5. The van der Waals surface area contributed by atoms with Crippen molar-refractivity contribution < 1.29 is 12.7 Å². The number of anilines is 3. The minimum atomic E-state index is -3.54. The van der Waals surface area contributed by atoms with Crippen molar-refractivity contribution in [1.82, 2.24) is 19.7 Å². The van der Waals surface area contributed by atoms with E-state index in [1.54, 1.807) is 24.3 Å².